The van der Waals surface area contributed by atoms with Crippen molar-refractivity contribution >= 4 is 29.1 Å². The van der Waals surface area contributed by atoms with Gasteiger partial charge in [0.15, 0.2) is 0 Å². The number of aromatic nitrogens is 1. The van der Waals surface area contributed by atoms with E-state index in [1.807, 2.05) is 6.07 Å². The molecule has 5 nitrogen and oxygen atoms in total. The highest BCUT2D eigenvalue weighted by molar-refractivity contribution is 6.33. The van der Waals surface area contributed by atoms with Crippen molar-refractivity contribution in [2.45, 2.75) is 0 Å². The fourth-order valence-electron chi connectivity index (χ4n) is 1.45. The zero-order valence-corrected chi connectivity index (χ0v) is 10.3. The lowest BCUT2D eigenvalue weighted by Gasteiger charge is -2.07. The van der Waals surface area contributed by atoms with Crippen LogP contribution in [0.2, 0.25) is 5.02 Å². The Morgan fingerprint density at radius 1 is 1.37 bits per heavy atom. The second-order valence-electron chi connectivity index (χ2n) is 3.67. The molecule has 1 aromatic carbocycles. The van der Waals surface area contributed by atoms with Gasteiger partial charge in [-0.2, -0.15) is 5.26 Å². The zero-order chi connectivity index (χ0) is 13.8. The predicted octanol–water partition coefficient (Wildman–Crippen LogP) is 3.05. The van der Waals surface area contributed by atoms with Crippen LogP contribution in [0.4, 0.5) is 11.5 Å². The van der Waals surface area contributed by atoms with Crippen LogP contribution in [-0.4, -0.2) is 16.1 Å². The number of nitrogens with zero attached hydrogens (tertiary/aromatic N) is 2. The number of nitrogens with one attached hydrogen (secondary N) is 1. The number of anilines is 2. The molecule has 19 heavy (non-hydrogen) atoms. The Bertz CT molecular complexity index is 663. The summed E-state index contributed by atoms with van der Waals surface area (Å²) in [4.78, 5) is 14.9. The maximum Gasteiger partial charge on any atom is 0.337 e. The molecule has 0 bridgehead atoms. The average molecular weight is 274 g/mol. The number of benzene rings is 1. The van der Waals surface area contributed by atoms with Crippen molar-refractivity contribution in [3.63, 3.8) is 0 Å². The Kier molecular flexibility index (Phi) is 3.64. The van der Waals surface area contributed by atoms with Gasteiger partial charge in [0.1, 0.15) is 5.82 Å². The average Bonchev–Trinajstić information content (AvgIpc) is 2.41. The van der Waals surface area contributed by atoms with Crippen LogP contribution in [0.5, 0.6) is 0 Å². The SMILES string of the molecule is N#Cc1ccc(Nc2cc(C(=O)O)c(Cl)cn2)cc1. The number of hydrogen-bond acceptors (Lipinski definition) is 4. The molecule has 0 radical (unpaired) electrons. The normalized spacial score (nSPS) is 9.68. The van der Waals surface area contributed by atoms with Crippen LogP contribution in [0.25, 0.3) is 0 Å². The second kappa shape index (κ2) is 5.38. The Labute approximate surface area is 114 Å². The molecule has 2 rings (SSSR count). The summed E-state index contributed by atoms with van der Waals surface area (Å²) in [7, 11) is 0. The molecule has 6 heteroatoms. The standard InChI is InChI=1S/C13H8ClN3O2/c14-11-7-16-12(5-10(11)13(18)19)17-9-3-1-8(6-15)2-4-9/h1-5,7H,(H,16,17)(H,18,19). The molecule has 0 aliphatic heterocycles. The van der Waals surface area contributed by atoms with Crippen molar-refractivity contribution in [1.29, 1.82) is 5.26 Å². The van der Waals surface area contributed by atoms with Gasteiger partial charge < -0.3 is 10.4 Å². The van der Waals surface area contributed by atoms with Gasteiger partial charge in [-0.3, -0.25) is 0 Å². The molecule has 0 amide bonds. The molecule has 1 aromatic heterocycles. The first-order valence-electron chi connectivity index (χ1n) is 5.26. The molecule has 1 heterocycles. The maximum absolute atomic E-state index is 10.9. The molecule has 0 fully saturated rings. The summed E-state index contributed by atoms with van der Waals surface area (Å²) >= 11 is 5.73. The van der Waals surface area contributed by atoms with Gasteiger partial charge in [-0.15, -0.1) is 0 Å². The van der Waals surface area contributed by atoms with E-state index in [0.717, 1.165) is 0 Å². The summed E-state index contributed by atoms with van der Waals surface area (Å²) in [5.74, 6) is -0.748. The summed E-state index contributed by atoms with van der Waals surface area (Å²) in [6, 6.07) is 10.1. The fourth-order valence-corrected chi connectivity index (χ4v) is 1.63. The van der Waals surface area contributed by atoms with Crippen molar-refractivity contribution in [1.82, 2.24) is 4.98 Å². The van der Waals surface area contributed by atoms with Gasteiger partial charge in [0, 0.05) is 11.9 Å². The number of carboxylic acid groups (broad SMARTS) is 1. The largest absolute Gasteiger partial charge is 0.478 e. The van der Waals surface area contributed by atoms with E-state index in [1.165, 1.54) is 12.3 Å². The van der Waals surface area contributed by atoms with Gasteiger partial charge in [0.2, 0.25) is 0 Å². The monoisotopic (exact) mass is 273 g/mol. The van der Waals surface area contributed by atoms with Crippen LogP contribution in [0, 0.1) is 11.3 Å². The number of nitriles is 1. The number of rotatable bonds is 3. The molecule has 0 atom stereocenters. The summed E-state index contributed by atoms with van der Waals surface area (Å²) in [6.45, 7) is 0. The van der Waals surface area contributed by atoms with E-state index in [9.17, 15) is 4.79 Å². The Morgan fingerprint density at radius 3 is 2.63 bits per heavy atom. The van der Waals surface area contributed by atoms with Crippen LogP contribution >= 0.6 is 11.6 Å². The van der Waals surface area contributed by atoms with E-state index >= 15 is 0 Å². The molecule has 0 aliphatic carbocycles. The lowest BCUT2D eigenvalue weighted by Crippen LogP contribution is -2.01. The number of hydrogen-bond donors (Lipinski definition) is 2. The summed E-state index contributed by atoms with van der Waals surface area (Å²) in [5.41, 5.74) is 1.22. The fraction of sp³-hybridized carbons (Fsp3) is 0. The van der Waals surface area contributed by atoms with Gasteiger partial charge in [-0.05, 0) is 30.3 Å². The Hall–Kier alpha value is -2.58. The van der Waals surface area contributed by atoms with E-state index < -0.39 is 5.97 Å². The second-order valence-corrected chi connectivity index (χ2v) is 4.08. The van der Waals surface area contributed by atoms with Gasteiger partial charge in [-0.25, -0.2) is 9.78 Å². The summed E-state index contributed by atoms with van der Waals surface area (Å²) in [5, 5.41) is 20.6. The van der Waals surface area contributed by atoms with Gasteiger partial charge in [0.05, 0.1) is 22.2 Å². The van der Waals surface area contributed by atoms with Crippen molar-refractivity contribution in [3.05, 3.63) is 52.7 Å². The molecule has 2 N–H and O–H groups in total. The first-order valence-corrected chi connectivity index (χ1v) is 5.64. The van der Waals surface area contributed by atoms with Crippen molar-refractivity contribution in [3.8, 4) is 6.07 Å². The molecule has 0 saturated heterocycles. The lowest BCUT2D eigenvalue weighted by atomic mass is 10.2. The highest BCUT2D eigenvalue weighted by Crippen LogP contribution is 2.21. The van der Waals surface area contributed by atoms with Crippen molar-refractivity contribution in [2.24, 2.45) is 0 Å². The molecular formula is C13H8ClN3O2. The van der Waals surface area contributed by atoms with Gasteiger partial charge in [0.25, 0.3) is 0 Å². The third-order valence-corrected chi connectivity index (χ3v) is 2.67. The lowest BCUT2D eigenvalue weighted by molar-refractivity contribution is 0.0697. The van der Waals surface area contributed by atoms with Crippen LogP contribution in [-0.2, 0) is 0 Å². The molecule has 0 aliphatic rings. The number of halogens is 1. The third-order valence-electron chi connectivity index (χ3n) is 2.37. The van der Waals surface area contributed by atoms with Crippen molar-refractivity contribution in [2.75, 3.05) is 5.32 Å². The van der Waals surface area contributed by atoms with E-state index in [-0.39, 0.29) is 10.6 Å². The first-order chi connectivity index (χ1) is 9.10. The molecule has 0 spiro atoms. The first kappa shape index (κ1) is 12.9. The van der Waals surface area contributed by atoms with Gasteiger partial charge >= 0.3 is 5.97 Å². The number of carboxylic acids is 1. The van der Waals surface area contributed by atoms with Crippen LogP contribution < -0.4 is 5.32 Å². The number of pyridine rings is 1. The van der Waals surface area contributed by atoms with Crippen LogP contribution in [0.1, 0.15) is 15.9 Å². The molecule has 94 valence electrons. The minimum absolute atomic E-state index is 0.0205. The number of carbonyl (C=O) groups is 1. The quantitative estimate of drug-likeness (QED) is 0.897. The highest BCUT2D eigenvalue weighted by Gasteiger charge is 2.10. The Balaban J connectivity index is 2.25. The summed E-state index contributed by atoms with van der Waals surface area (Å²) in [6.07, 6.45) is 1.27. The summed E-state index contributed by atoms with van der Waals surface area (Å²) < 4.78 is 0. The highest BCUT2D eigenvalue weighted by atomic mass is 35.5. The zero-order valence-electron chi connectivity index (χ0n) is 9.59. The van der Waals surface area contributed by atoms with E-state index in [1.54, 1.807) is 24.3 Å². The molecule has 2 aromatic rings. The van der Waals surface area contributed by atoms with Gasteiger partial charge in [-0.1, -0.05) is 11.6 Å². The predicted molar refractivity (Wildman–Crippen MR) is 70.6 cm³/mol. The minimum atomic E-state index is -1.12. The van der Waals surface area contributed by atoms with Crippen LogP contribution in [0.15, 0.2) is 36.5 Å². The Morgan fingerprint density at radius 2 is 2.05 bits per heavy atom. The van der Waals surface area contributed by atoms with Crippen LogP contribution in [0.3, 0.4) is 0 Å². The molecule has 0 saturated carbocycles. The molecule has 0 unspecified atom stereocenters. The van der Waals surface area contributed by atoms with E-state index in [0.29, 0.717) is 17.1 Å². The minimum Gasteiger partial charge on any atom is -0.478 e. The molecular weight excluding hydrogens is 266 g/mol. The van der Waals surface area contributed by atoms with Crippen molar-refractivity contribution < 1.29 is 9.90 Å². The van der Waals surface area contributed by atoms with E-state index in [2.05, 4.69) is 10.3 Å². The third kappa shape index (κ3) is 3.00. The smallest absolute Gasteiger partial charge is 0.337 e. The topological polar surface area (TPSA) is 86.0 Å². The maximum atomic E-state index is 10.9. The van der Waals surface area contributed by atoms with E-state index in [4.69, 9.17) is 22.0 Å². The number of aromatic carboxylic acids is 1.